The summed E-state index contributed by atoms with van der Waals surface area (Å²) >= 11 is 9.88. The van der Waals surface area contributed by atoms with Crippen molar-refractivity contribution in [2.45, 2.75) is 13.8 Å². The minimum atomic E-state index is 0.297. The summed E-state index contributed by atoms with van der Waals surface area (Å²) in [6, 6.07) is 6.20. The Labute approximate surface area is 109 Å². The number of nitrogens with zero attached hydrogens (tertiary/aromatic N) is 1. The van der Waals surface area contributed by atoms with Gasteiger partial charge in [-0.05, 0) is 49.9 Å². The van der Waals surface area contributed by atoms with E-state index in [-0.39, 0.29) is 0 Å². The number of aromatic nitrogens is 3. The van der Waals surface area contributed by atoms with Gasteiger partial charge in [0.25, 0.3) is 0 Å². The molecule has 0 aliphatic rings. The molecule has 1 aromatic heterocycles. The van der Waals surface area contributed by atoms with Crippen LogP contribution in [0.2, 0.25) is 0 Å². The van der Waals surface area contributed by atoms with Gasteiger partial charge < -0.3 is 9.72 Å². The third-order valence-corrected chi connectivity index (χ3v) is 2.58. The normalized spacial score (nSPS) is 10.2. The maximum absolute atomic E-state index is 5.61. The second-order valence-electron chi connectivity index (χ2n) is 3.67. The van der Waals surface area contributed by atoms with E-state index in [0.717, 1.165) is 11.3 Å². The standard InChI is InChI=1S/C11H11N3OS2/c1-6-3-4-8(7(2)5-6)15-9-12-10(16)14-11(17)13-9/h3-5H,1-2H3,(H2,12,13,14,16,17). The van der Waals surface area contributed by atoms with Gasteiger partial charge in [0, 0.05) is 0 Å². The first kappa shape index (κ1) is 11.9. The largest absolute Gasteiger partial charge is 0.425 e. The Morgan fingerprint density at radius 2 is 1.94 bits per heavy atom. The number of aromatic amines is 2. The summed E-state index contributed by atoms with van der Waals surface area (Å²) in [6.45, 7) is 4.00. The third-order valence-electron chi connectivity index (χ3n) is 2.18. The van der Waals surface area contributed by atoms with E-state index in [1.54, 1.807) is 0 Å². The van der Waals surface area contributed by atoms with Gasteiger partial charge in [-0.2, -0.15) is 4.98 Å². The van der Waals surface area contributed by atoms with E-state index in [2.05, 4.69) is 15.0 Å². The zero-order valence-electron chi connectivity index (χ0n) is 9.40. The van der Waals surface area contributed by atoms with Crippen molar-refractivity contribution in [2.24, 2.45) is 0 Å². The number of hydrogen-bond acceptors (Lipinski definition) is 4. The lowest BCUT2D eigenvalue weighted by Crippen LogP contribution is -1.96. The van der Waals surface area contributed by atoms with E-state index >= 15 is 0 Å². The van der Waals surface area contributed by atoms with Crippen molar-refractivity contribution < 1.29 is 4.74 Å². The highest BCUT2D eigenvalue weighted by atomic mass is 32.1. The van der Waals surface area contributed by atoms with Gasteiger partial charge in [-0.3, -0.25) is 4.98 Å². The van der Waals surface area contributed by atoms with Crippen LogP contribution < -0.4 is 4.74 Å². The molecule has 17 heavy (non-hydrogen) atoms. The van der Waals surface area contributed by atoms with Gasteiger partial charge in [-0.1, -0.05) is 17.7 Å². The molecule has 0 bridgehead atoms. The van der Waals surface area contributed by atoms with Crippen LogP contribution in [-0.2, 0) is 0 Å². The molecule has 6 heteroatoms. The minimum Gasteiger partial charge on any atom is -0.425 e. The van der Waals surface area contributed by atoms with Crippen LogP contribution in [0.1, 0.15) is 11.1 Å². The second-order valence-corrected chi connectivity index (χ2v) is 4.47. The summed E-state index contributed by atoms with van der Waals surface area (Å²) < 4.78 is 6.30. The fourth-order valence-corrected chi connectivity index (χ4v) is 1.87. The van der Waals surface area contributed by atoms with Crippen LogP contribution in [0.5, 0.6) is 11.8 Å². The molecule has 2 N–H and O–H groups in total. The Kier molecular flexibility index (Phi) is 3.35. The Balaban J connectivity index is 2.37. The Morgan fingerprint density at radius 1 is 1.18 bits per heavy atom. The summed E-state index contributed by atoms with van der Waals surface area (Å²) in [7, 11) is 0. The maximum Gasteiger partial charge on any atom is 0.304 e. The number of aryl methyl sites for hydroxylation is 2. The van der Waals surface area contributed by atoms with Gasteiger partial charge >= 0.3 is 6.01 Å². The molecular formula is C11H11N3OS2. The quantitative estimate of drug-likeness (QED) is 0.814. The molecular weight excluding hydrogens is 254 g/mol. The average Bonchev–Trinajstić information content (AvgIpc) is 2.21. The van der Waals surface area contributed by atoms with E-state index in [9.17, 15) is 0 Å². The maximum atomic E-state index is 5.61. The lowest BCUT2D eigenvalue weighted by atomic mass is 10.1. The fraction of sp³-hybridized carbons (Fsp3) is 0.182. The van der Waals surface area contributed by atoms with E-state index in [1.807, 2.05) is 32.0 Å². The average molecular weight is 265 g/mol. The van der Waals surface area contributed by atoms with Crippen molar-refractivity contribution in [3.05, 3.63) is 38.9 Å². The molecule has 0 unspecified atom stereocenters. The van der Waals surface area contributed by atoms with Crippen LogP contribution in [0.25, 0.3) is 0 Å². The molecule has 1 heterocycles. The molecule has 0 fully saturated rings. The summed E-state index contributed by atoms with van der Waals surface area (Å²) in [6.07, 6.45) is 0. The second kappa shape index (κ2) is 4.77. The summed E-state index contributed by atoms with van der Waals surface area (Å²) in [4.78, 5) is 9.51. The molecule has 0 saturated carbocycles. The van der Waals surface area contributed by atoms with Gasteiger partial charge in [-0.25, -0.2) is 0 Å². The molecule has 0 radical (unpaired) electrons. The zero-order valence-corrected chi connectivity index (χ0v) is 11.0. The Morgan fingerprint density at radius 3 is 2.59 bits per heavy atom. The predicted octanol–water partition coefficient (Wildman–Crippen LogP) is 3.61. The van der Waals surface area contributed by atoms with Gasteiger partial charge in [0.05, 0.1) is 0 Å². The molecule has 0 aliphatic carbocycles. The highest BCUT2D eigenvalue weighted by molar-refractivity contribution is 7.71. The topological polar surface area (TPSA) is 53.7 Å². The van der Waals surface area contributed by atoms with Crippen LogP contribution in [0, 0.1) is 23.4 Å². The first-order valence-corrected chi connectivity index (χ1v) is 5.82. The predicted molar refractivity (Wildman–Crippen MR) is 70.6 cm³/mol. The molecule has 0 spiro atoms. The van der Waals surface area contributed by atoms with Crippen LogP contribution in [-0.4, -0.2) is 15.0 Å². The van der Waals surface area contributed by atoms with Crippen molar-refractivity contribution in [3.8, 4) is 11.8 Å². The smallest absolute Gasteiger partial charge is 0.304 e. The molecule has 1 aromatic carbocycles. The van der Waals surface area contributed by atoms with Crippen LogP contribution >= 0.6 is 24.4 Å². The molecule has 0 aliphatic heterocycles. The molecule has 0 amide bonds. The molecule has 2 aromatic rings. The van der Waals surface area contributed by atoms with Crippen molar-refractivity contribution in [1.82, 2.24) is 15.0 Å². The first-order chi connectivity index (χ1) is 8.04. The first-order valence-electron chi connectivity index (χ1n) is 5.00. The molecule has 4 nitrogen and oxygen atoms in total. The lowest BCUT2D eigenvalue weighted by molar-refractivity contribution is 0.434. The minimum absolute atomic E-state index is 0.297. The highest BCUT2D eigenvalue weighted by Gasteiger charge is 2.03. The highest BCUT2D eigenvalue weighted by Crippen LogP contribution is 2.22. The number of ether oxygens (including phenoxy) is 1. The van der Waals surface area contributed by atoms with Crippen molar-refractivity contribution >= 4 is 24.4 Å². The van der Waals surface area contributed by atoms with E-state index in [0.29, 0.717) is 15.6 Å². The van der Waals surface area contributed by atoms with Gasteiger partial charge in [0.1, 0.15) is 5.75 Å². The number of H-pyrrole nitrogens is 2. The van der Waals surface area contributed by atoms with Crippen LogP contribution in [0.3, 0.4) is 0 Å². The Hall–Kier alpha value is -1.53. The van der Waals surface area contributed by atoms with Gasteiger partial charge in [0.15, 0.2) is 4.77 Å². The number of benzene rings is 1. The summed E-state index contributed by atoms with van der Waals surface area (Å²) in [5.41, 5.74) is 2.21. The number of nitrogens with one attached hydrogen (secondary N) is 2. The van der Waals surface area contributed by atoms with Gasteiger partial charge in [-0.15, -0.1) is 0 Å². The summed E-state index contributed by atoms with van der Waals surface area (Å²) in [5, 5.41) is 0. The van der Waals surface area contributed by atoms with Crippen molar-refractivity contribution in [3.63, 3.8) is 0 Å². The van der Waals surface area contributed by atoms with Crippen LogP contribution in [0.4, 0.5) is 0 Å². The van der Waals surface area contributed by atoms with Crippen molar-refractivity contribution in [1.29, 1.82) is 0 Å². The SMILES string of the molecule is Cc1ccc(Oc2nc(=S)[nH]c(=S)[nH]2)c(C)c1. The molecule has 0 atom stereocenters. The van der Waals surface area contributed by atoms with E-state index in [4.69, 9.17) is 29.2 Å². The zero-order chi connectivity index (χ0) is 12.4. The monoisotopic (exact) mass is 265 g/mol. The fourth-order valence-electron chi connectivity index (χ4n) is 1.44. The molecule has 88 valence electrons. The van der Waals surface area contributed by atoms with Gasteiger partial charge in [0.2, 0.25) is 4.77 Å². The van der Waals surface area contributed by atoms with E-state index < -0.39 is 0 Å². The molecule has 0 saturated heterocycles. The third kappa shape index (κ3) is 2.98. The lowest BCUT2D eigenvalue weighted by Gasteiger charge is -2.07. The number of hydrogen-bond donors (Lipinski definition) is 2. The van der Waals surface area contributed by atoms with E-state index in [1.165, 1.54) is 5.56 Å². The Bertz CT molecular complexity index is 632. The number of rotatable bonds is 2. The molecule has 2 rings (SSSR count). The van der Waals surface area contributed by atoms with Crippen LogP contribution in [0.15, 0.2) is 18.2 Å². The summed E-state index contributed by atoms with van der Waals surface area (Å²) in [5.74, 6) is 0.731. The van der Waals surface area contributed by atoms with Crippen molar-refractivity contribution in [2.75, 3.05) is 0 Å².